The molecule has 0 aliphatic carbocycles. The minimum atomic E-state index is -3.72. The highest BCUT2D eigenvalue weighted by Gasteiger charge is 2.27. The van der Waals surface area contributed by atoms with Gasteiger partial charge in [0.2, 0.25) is 11.8 Å². The minimum absolute atomic E-state index is 0.0423. The van der Waals surface area contributed by atoms with Gasteiger partial charge in [0, 0.05) is 17.0 Å². The fraction of sp³-hybridized carbons (Fsp3) is 0.263. The number of benzene rings is 2. The summed E-state index contributed by atoms with van der Waals surface area (Å²) in [4.78, 5) is 24.8. The van der Waals surface area contributed by atoms with E-state index in [0.717, 1.165) is 11.0 Å². The quantitative estimate of drug-likeness (QED) is 0.744. The number of rotatable bonds is 6. The van der Waals surface area contributed by atoms with E-state index in [0.29, 0.717) is 12.1 Å². The van der Waals surface area contributed by atoms with Gasteiger partial charge in [-0.25, -0.2) is 12.8 Å². The van der Waals surface area contributed by atoms with Crippen LogP contribution in [0.3, 0.4) is 0 Å². The summed E-state index contributed by atoms with van der Waals surface area (Å²) < 4.78 is 38.3. The van der Waals surface area contributed by atoms with Crippen LogP contribution in [0.15, 0.2) is 52.3 Å². The Morgan fingerprint density at radius 1 is 1.25 bits per heavy atom. The Hall–Kier alpha value is -2.39. The standard InChI is InChI=1S/C19H19FN2O4S2/c1-2-16-19(24)22-15-11-14(6-7-17(15)27-16)28(25,26)9-8-18(23)21-13-5-3-4-12(20)10-13/h3-7,10-11,16H,2,8-9H2,1H3,(H,21,23)(H,22,24). The molecule has 0 spiro atoms. The third kappa shape index (κ3) is 4.71. The zero-order valence-electron chi connectivity index (χ0n) is 15.1. The number of hydrogen-bond acceptors (Lipinski definition) is 5. The molecule has 0 aromatic heterocycles. The Labute approximate surface area is 166 Å². The van der Waals surface area contributed by atoms with Gasteiger partial charge in [-0.2, -0.15) is 0 Å². The van der Waals surface area contributed by atoms with E-state index in [9.17, 15) is 22.4 Å². The lowest BCUT2D eigenvalue weighted by molar-refractivity contribution is -0.116. The molecule has 2 aromatic rings. The van der Waals surface area contributed by atoms with Gasteiger partial charge in [-0.05, 0) is 42.8 Å². The largest absolute Gasteiger partial charge is 0.326 e. The fourth-order valence-electron chi connectivity index (χ4n) is 2.73. The van der Waals surface area contributed by atoms with Gasteiger partial charge in [-0.15, -0.1) is 11.8 Å². The van der Waals surface area contributed by atoms with Crippen LogP contribution in [0.5, 0.6) is 0 Å². The van der Waals surface area contributed by atoms with Crippen molar-refractivity contribution in [1.82, 2.24) is 0 Å². The molecule has 28 heavy (non-hydrogen) atoms. The molecule has 1 aliphatic rings. The fourth-order valence-corrected chi connectivity index (χ4v) is 5.01. The van der Waals surface area contributed by atoms with Crippen molar-refractivity contribution < 1.29 is 22.4 Å². The van der Waals surface area contributed by atoms with Crippen LogP contribution in [0.1, 0.15) is 19.8 Å². The summed E-state index contributed by atoms with van der Waals surface area (Å²) in [5.74, 6) is -1.57. The number of nitrogens with one attached hydrogen (secondary N) is 2. The number of thioether (sulfide) groups is 1. The van der Waals surface area contributed by atoms with Crippen LogP contribution in [0.25, 0.3) is 0 Å². The van der Waals surface area contributed by atoms with Gasteiger partial charge in [-0.3, -0.25) is 9.59 Å². The molecule has 3 rings (SSSR count). The van der Waals surface area contributed by atoms with E-state index in [1.807, 2.05) is 6.92 Å². The average Bonchev–Trinajstić information content (AvgIpc) is 2.65. The van der Waals surface area contributed by atoms with Gasteiger partial charge in [0.05, 0.1) is 21.6 Å². The Kier molecular flexibility index (Phi) is 6.04. The van der Waals surface area contributed by atoms with Gasteiger partial charge in [0.15, 0.2) is 9.84 Å². The maximum atomic E-state index is 13.1. The number of carbonyl (C=O) groups is 2. The maximum absolute atomic E-state index is 13.1. The van der Waals surface area contributed by atoms with Crippen molar-refractivity contribution in [2.75, 3.05) is 16.4 Å². The van der Waals surface area contributed by atoms with Crippen molar-refractivity contribution in [2.45, 2.75) is 34.8 Å². The number of anilines is 2. The first kappa shape index (κ1) is 20.3. The lowest BCUT2D eigenvalue weighted by Gasteiger charge is -2.23. The van der Waals surface area contributed by atoms with Crippen LogP contribution in [0, 0.1) is 5.82 Å². The number of hydrogen-bond donors (Lipinski definition) is 2. The lowest BCUT2D eigenvalue weighted by atomic mass is 10.2. The number of halogens is 1. The van der Waals surface area contributed by atoms with E-state index < -0.39 is 27.3 Å². The summed E-state index contributed by atoms with van der Waals surface area (Å²) in [5.41, 5.74) is 0.728. The smallest absolute Gasteiger partial charge is 0.237 e. The Balaban J connectivity index is 1.67. The number of sulfone groups is 1. The molecule has 6 nitrogen and oxygen atoms in total. The van der Waals surface area contributed by atoms with E-state index in [4.69, 9.17) is 0 Å². The summed E-state index contributed by atoms with van der Waals surface area (Å²) in [7, 11) is -3.72. The molecular formula is C19H19FN2O4S2. The zero-order valence-corrected chi connectivity index (χ0v) is 16.7. The normalized spacial score (nSPS) is 16.2. The van der Waals surface area contributed by atoms with E-state index in [1.54, 1.807) is 6.07 Å². The van der Waals surface area contributed by atoms with Crippen molar-refractivity contribution >= 4 is 44.8 Å². The van der Waals surface area contributed by atoms with Crippen molar-refractivity contribution in [2.24, 2.45) is 0 Å². The van der Waals surface area contributed by atoms with Crippen LogP contribution in [0.2, 0.25) is 0 Å². The van der Waals surface area contributed by atoms with Gasteiger partial charge in [0.1, 0.15) is 5.82 Å². The molecule has 2 amide bonds. The van der Waals surface area contributed by atoms with Gasteiger partial charge >= 0.3 is 0 Å². The molecule has 0 radical (unpaired) electrons. The molecule has 1 aliphatic heterocycles. The highest BCUT2D eigenvalue weighted by molar-refractivity contribution is 8.01. The molecule has 2 N–H and O–H groups in total. The van der Waals surface area contributed by atoms with Gasteiger partial charge in [0.25, 0.3) is 0 Å². The molecule has 148 valence electrons. The van der Waals surface area contributed by atoms with Gasteiger partial charge < -0.3 is 10.6 Å². The topological polar surface area (TPSA) is 92.3 Å². The molecule has 1 unspecified atom stereocenters. The van der Waals surface area contributed by atoms with Crippen LogP contribution in [-0.2, 0) is 19.4 Å². The molecule has 1 atom stereocenters. The Morgan fingerprint density at radius 3 is 2.75 bits per heavy atom. The van der Waals surface area contributed by atoms with Crippen LogP contribution in [0.4, 0.5) is 15.8 Å². The summed E-state index contributed by atoms with van der Waals surface area (Å²) in [6, 6.07) is 9.94. The molecule has 0 bridgehead atoms. The number of carbonyl (C=O) groups excluding carboxylic acids is 2. The predicted molar refractivity (Wildman–Crippen MR) is 107 cm³/mol. The minimum Gasteiger partial charge on any atom is -0.326 e. The second kappa shape index (κ2) is 8.32. The van der Waals surface area contributed by atoms with E-state index >= 15 is 0 Å². The third-order valence-corrected chi connectivity index (χ3v) is 7.36. The van der Waals surface area contributed by atoms with E-state index in [1.165, 1.54) is 42.1 Å². The average molecular weight is 423 g/mol. The van der Waals surface area contributed by atoms with E-state index in [2.05, 4.69) is 10.6 Å². The molecule has 0 saturated heterocycles. The monoisotopic (exact) mass is 422 g/mol. The van der Waals surface area contributed by atoms with Crippen LogP contribution < -0.4 is 10.6 Å². The van der Waals surface area contributed by atoms with E-state index in [-0.39, 0.29) is 28.2 Å². The molecule has 0 fully saturated rings. The SMILES string of the molecule is CCC1Sc2ccc(S(=O)(=O)CCC(=O)Nc3cccc(F)c3)cc2NC1=O. The highest BCUT2D eigenvalue weighted by Crippen LogP contribution is 2.38. The summed E-state index contributed by atoms with van der Waals surface area (Å²) in [6.45, 7) is 1.91. The first-order valence-electron chi connectivity index (χ1n) is 8.68. The first-order chi connectivity index (χ1) is 13.3. The summed E-state index contributed by atoms with van der Waals surface area (Å²) in [5, 5.41) is 5.01. The van der Waals surface area contributed by atoms with Crippen molar-refractivity contribution in [3.8, 4) is 0 Å². The second-order valence-electron chi connectivity index (χ2n) is 6.29. The second-order valence-corrected chi connectivity index (χ2v) is 9.64. The summed E-state index contributed by atoms with van der Waals surface area (Å²) >= 11 is 1.40. The van der Waals surface area contributed by atoms with Crippen molar-refractivity contribution in [3.05, 3.63) is 48.3 Å². The highest BCUT2D eigenvalue weighted by atomic mass is 32.2. The van der Waals surface area contributed by atoms with Crippen LogP contribution >= 0.6 is 11.8 Å². The van der Waals surface area contributed by atoms with Crippen molar-refractivity contribution in [1.29, 1.82) is 0 Å². The Morgan fingerprint density at radius 2 is 2.04 bits per heavy atom. The number of fused-ring (bicyclic) bond motifs is 1. The maximum Gasteiger partial charge on any atom is 0.237 e. The zero-order chi connectivity index (χ0) is 20.3. The molecule has 0 saturated carbocycles. The molecule has 9 heteroatoms. The lowest BCUT2D eigenvalue weighted by Crippen LogP contribution is -2.28. The molecular weight excluding hydrogens is 403 g/mol. The Bertz CT molecular complexity index is 1020. The predicted octanol–water partition coefficient (Wildman–Crippen LogP) is 3.45. The first-order valence-corrected chi connectivity index (χ1v) is 11.2. The molecule has 2 aromatic carbocycles. The number of amides is 2. The van der Waals surface area contributed by atoms with Gasteiger partial charge in [-0.1, -0.05) is 13.0 Å². The van der Waals surface area contributed by atoms with Crippen LogP contribution in [-0.4, -0.2) is 31.2 Å². The summed E-state index contributed by atoms with van der Waals surface area (Å²) in [6.07, 6.45) is 0.408. The van der Waals surface area contributed by atoms with Crippen molar-refractivity contribution in [3.63, 3.8) is 0 Å². The molecule has 1 heterocycles. The third-order valence-electron chi connectivity index (χ3n) is 4.21.